The Morgan fingerprint density at radius 1 is 1.36 bits per heavy atom. The Morgan fingerprint density at radius 2 is 1.91 bits per heavy atom. The van der Waals surface area contributed by atoms with Gasteiger partial charge in [0, 0.05) is 36.2 Å². The monoisotopic (exact) mass is 413 g/mol. The van der Waals surface area contributed by atoms with Crippen LogP contribution < -0.4 is 11.1 Å². The Kier molecular flexibility index (Phi) is 7.50. The quantitative estimate of drug-likeness (QED) is 0.765. The zero-order valence-electron chi connectivity index (χ0n) is 12.9. The van der Waals surface area contributed by atoms with Gasteiger partial charge in [-0.2, -0.15) is 0 Å². The molecule has 0 unspecified atom stereocenters. The average molecular weight is 415 g/mol. The van der Waals surface area contributed by atoms with Crippen molar-refractivity contribution in [2.75, 3.05) is 20.6 Å². The van der Waals surface area contributed by atoms with E-state index in [0.29, 0.717) is 16.6 Å². The molecular weight excluding hydrogens is 394 g/mol. The Balaban J connectivity index is 0.00000441. The third kappa shape index (κ3) is 5.51. The second-order valence-electron chi connectivity index (χ2n) is 5.60. The Bertz CT molecular complexity index is 642. The van der Waals surface area contributed by atoms with E-state index in [2.05, 4.69) is 21.2 Å². The highest BCUT2D eigenvalue weighted by Crippen LogP contribution is 2.25. The molecule has 1 aromatic rings. The van der Waals surface area contributed by atoms with Crippen LogP contribution in [-0.2, 0) is 10.0 Å². The van der Waals surface area contributed by atoms with E-state index in [0.717, 1.165) is 4.31 Å². The summed E-state index contributed by atoms with van der Waals surface area (Å²) in [6.45, 7) is 3.92. The standard InChI is InChI=1S/C13H20BrN3O3S.ClH/c1-13(2,15)8-16-12(18)9-5-6-11(10(14)7-9)21(19,20)17(3)4;/h5-7H,8,15H2,1-4H3,(H,16,18);1H. The topological polar surface area (TPSA) is 92.5 Å². The van der Waals surface area contributed by atoms with E-state index < -0.39 is 15.6 Å². The maximum absolute atomic E-state index is 12.1. The Morgan fingerprint density at radius 3 is 2.32 bits per heavy atom. The van der Waals surface area contributed by atoms with E-state index in [4.69, 9.17) is 5.73 Å². The summed E-state index contributed by atoms with van der Waals surface area (Å²) in [5.41, 5.74) is 5.65. The molecule has 0 saturated heterocycles. The minimum atomic E-state index is -3.55. The van der Waals surface area contributed by atoms with Gasteiger partial charge in [0.1, 0.15) is 0 Å². The summed E-state index contributed by atoms with van der Waals surface area (Å²) < 4.78 is 25.6. The van der Waals surface area contributed by atoms with Gasteiger partial charge < -0.3 is 11.1 Å². The highest BCUT2D eigenvalue weighted by atomic mass is 79.9. The van der Waals surface area contributed by atoms with Crippen molar-refractivity contribution in [3.05, 3.63) is 28.2 Å². The Labute approximate surface area is 146 Å². The lowest BCUT2D eigenvalue weighted by Gasteiger charge is -2.19. The molecule has 1 aromatic carbocycles. The fourth-order valence-electron chi connectivity index (χ4n) is 1.46. The lowest BCUT2D eigenvalue weighted by Crippen LogP contribution is -2.45. The molecule has 0 saturated carbocycles. The third-order valence-corrected chi connectivity index (χ3v) is 5.45. The number of rotatable bonds is 5. The first-order valence-electron chi connectivity index (χ1n) is 6.24. The van der Waals surface area contributed by atoms with Crippen LogP contribution in [0.1, 0.15) is 24.2 Å². The molecule has 0 heterocycles. The van der Waals surface area contributed by atoms with E-state index >= 15 is 0 Å². The number of sulfonamides is 1. The maximum atomic E-state index is 12.1. The van der Waals surface area contributed by atoms with E-state index in [1.807, 2.05) is 0 Å². The number of nitrogens with one attached hydrogen (secondary N) is 1. The smallest absolute Gasteiger partial charge is 0.251 e. The largest absolute Gasteiger partial charge is 0.350 e. The number of nitrogens with zero attached hydrogens (tertiary/aromatic N) is 1. The molecular formula is C13H21BrClN3O3S. The van der Waals surface area contributed by atoms with Gasteiger partial charge in [-0.1, -0.05) is 0 Å². The number of benzene rings is 1. The van der Waals surface area contributed by atoms with Crippen LogP contribution in [0.5, 0.6) is 0 Å². The van der Waals surface area contributed by atoms with Gasteiger partial charge in [-0.15, -0.1) is 12.4 Å². The molecule has 0 fully saturated rings. The lowest BCUT2D eigenvalue weighted by atomic mass is 10.1. The van der Waals surface area contributed by atoms with Crippen molar-refractivity contribution < 1.29 is 13.2 Å². The zero-order chi connectivity index (χ0) is 16.4. The molecule has 0 aliphatic carbocycles. The molecule has 0 aromatic heterocycles. The third-order valence-electron chi connectivity index (χ3n) is 2.66. The predicted molar refractivity (Wildman–Crippen MR) is 92.9 cm³/mol. The number of nitrogens with two attached hydrogens (primary N) is 1. The van der Waals surface area contributed by atoms with E-state index in [9.17, 15) is 13.2 Å². The summed E-state index contributed by atoms with van der Waals surface area (Å²) >= 11 is 3.20. The van der Waals surface area contributed by atoms with Crippen LogP contribution >= 0.6 is 28.3 Å². The van der Waals surface area contributed by atoms with Crippen LogP contribution in [0.4, 0.5) is 0 Å². The minimum Gasteiger partial charge on any atom is -0.350 e. The first-order chi connectivity index (χ1) is 9.45. The minimum absolute atomic E-state index is 0. The molecule has 0 aliphatic heterocycles. The molecule has 0 aliphatic rings. The van der Waals surface area contributed by atoms with E-state index in [-0.39, 0.29) is 23.2 Å². The highest BCUT2D eigenvalue weighted by molar-refractivity contribution is 9.10. The molecule has 0 bridgehead atoms. The summed E-state index contributed by atoms with van der Waals surface area (Å²) in [5.74, 6) is -0.303. The molecule has 1 rings (SSSR count). The molecule has 6 nitrogen and oxygen atoms in total. The van der Waals surface area contributed by atoms with Gasteiger partial charge in [-0.25, -0.2) is 12.7 Å². The lowest BCUT2D eigenvalue weighted by molar-refractivity contribution is 0.0946. The number of carbonyl (C=O) groups excluding carboxylic acids is 1. The van der Waals surface area contributed by atoms with Crippen LogP contribution in [-0.4, -0.2) is 44.8 Å². The fraction of sp³-hybridized carbons (Fsp3) is 0.462. The number of hydrogen-bond acceptors (Lipinski definition) is 4. The first-order valence-corrected chi connectivity index (χ1v) is 8.47. The van der Waals surface area contributed by atoms with Crippen LogP contribution in [0.25, 0.3) is 0 Å². The van der Waals surface area contributed by atoms with Gasteiger partial charge in [-0.3, -0.25) is 4.79 Å². The van der Waals surface area contributed by atoms with Crippen molar-refractivity contribution in [3.8, 4) is 0 Å². The molecule has 0 spiro atoms. The second-order valence-corrected chi connectivity index (χ2v) is 8.58. The molecule has 0 radical (unpaired) electrons. The van der Waals surface area contributed by atoms with Crippen LogP contribution in [0.2, 0.25) is 0 Å². The second kappa shape index (κ2) is 7.74. The summed E-state index contributed by atoms with van der Waals surface area (Å²) in [6.07, 6.45) is 0. The van der Waals surface area contributed by atoms with Gasteiger partial charge in [0.25, 0.3) is 5.91 Å². The van der Waals surface area contributed by atoms with E-state index in [1.54, 1.807) is 13.8 Å². The summed E-state index contributed by atoms with van der Waals surface area (Å²) in [6, 6.07) is 4.36. The molecule has 22 heavy (non-hydrogen) atoms. The van der Waals surface area contributed by atoms with Crippen LogP contribution in [0.15, 0.2) is 27.6 Å². The van der Waals surface area contributed by atoms with Gasteiger partial charge in [0.2, 0.25) is 10.0 Å². The van der Waals surface area contributed by atoms with Crippen molar-refractivity contribution in [2.45, 2.75) is 24.3 Å². The summed E-state index contributed by atoms with van der Waals surface area (Å²) in [5, 5.41) is 2.70. The molecule has 3 N–H and O–H groups in total. The molecule has 1 amide bonds. The number of hydrogen-bond donors (Lipinski definition) is 2. The number of carbonyl (C=O) groups is 1. The van der Waals surface area contributed by atoms with Gasteiger partial charge in [0.05, 0.1) is 4.90 Å². The normalized spacial score (nSPS) is 12.0. The highest BCUT2D eigenvalue weighted by Gasteiger charge is 2.21. The summed E-state index contributed by atoms with van der Waals surface area (Å²) in [7, 11) is -0.651. The van der Waals surface area contributed by atoms with Crippen molar-refractivity contribution in [1.82, 2.24) is 9.62 Å². The van der Waals surface area contributed by atoms with Crippen molar-refractivity contribution in [1.29, 1.82) is 0 Å². The zero-order valence-corrected chi connectivity index (χ0v) is 16.1. The molecule has 0 atom stereocenters. The van der Waals surface area contributed by atoms with E-state index in [1.165, 1.54) is 32.3 Å². The van der Waals surface area contributed by atoms with Gasteiger partial charge >= 0.3 is 0 Å². The SMILES string of the molecule is CN(C)S(=O)(=O)c1ccc(C(=O)NCC(C)(C)N)cc1Br.Cl. The maximum Gasteiger partial charge on any atom is 0.251 e. The fourth-order valence-corrected chi connectivity index (χ4v) is 3.39. The van der Waals surface area contributed by atoms with Gasteiger partial charge in [0.15, 0.2) is 0 Å². The number of amides is 1. The van der Waals surface area contributed by atoms with Crippen molar-refractivity contribution in [2.24, 2.45) is 5.73 Å². The van der Waals surface area contributed by atoms with Crippen molar-refractivity contribution >= 4 is 44.3 Å². The summed E-state index contributed by atoms with van der Waals surface area (Å²) in [4.78, 5) is 12.1. The van der Waals surface area contributed by atoms with Crippen LogP contribution in [0.3, 0.4) is 0 Å². The first kappa shape index (κ1) is 21.3. The molecule has 126 valence electrons. The Hall–Kier alpha value is -0.670. The van der Waals surface area contributed by atoms with Crippen LogP contribution in [0, 0.1) is 0 Å². The molecule has 9 heteroatoms. The van der Waals surface area contributed by atoms with Crippen molar-refractivity contribution in [3.63, 3.8) is 0 Å². The average Bonchev–Trinajstić information content (AvgIpc) is 2.34. The van der Waals surface area contributed by atoms with Gasteiger partial charge in [-0.05, 0) is 48.0 Å². The number of halogens is 2. The predicted octanol–water partition coefficient (Wildman–Crippen LogP) is 1.59.